The highest BCUT2D eigenvalue weighted by atomic mass is 16.5. The molecule has 6 heteroatoms. The van der Waals surface area contributed by atoms with Crippen LogP contribution in [-0.4, -0.2) is 33.8 Å². The Labute approximate surface area is 154 Å². The van der Waals surface area contributed by atoms with Gasteiger partial charge in [-0.2, -0.15) is 0 Å². The fourth-order valence-electron chi connectivity index (χ4n) is 2.63. The summed E-state index contributed by atoms with van der Waals surface area (Å²) in [6.07, 6.45) is 0.924. The Morgan fingerprint density at radius 3 is 2.19 bits per heavy atom. The van der Waals surface area contributed by atoms with Crippen LogP contribution in [-0.2, 0) is 11.2 Å². The van der Waals surface area contributed by atoms with Gasteiger partial charge in [0.25, 0.3) is 0 Å². The Morgan fingerprint density at radius 2 is 1.62 bits per heavy atom. The molecule has 1 N–H and O–H groups in total. The Morgan fingerprint density at radius 1 is 0.962 bits per heavy atom. The van der Waals surface area contributed by atoms with Crippen LogP contribution in [0.15, 0.2) is 36.4 Å². The SMILES string of the molecule is CCOc1ccccc1CCC(=O)Nc1cc(OC)c(OC)c(OC)c1. The summed E-state index contributed by atoms with van der Waals surface area (Å²) >= 11 is 0. The first-order valence-corrected chi connectivity index (χ1v) is 8.43. The number of carbonyl (C=O) groups is 1. The van der Waals surface area contributed by atoms with E-state index in [-0.39, 0.29) is 5.91 Å². The number of methoxy groups -OCH3 is 3. The second-order valence-corrected chi connectivity index (χ2v) is 5.50. The van der Waals surface area contributed by atoms with Crippen LogP contribution in [0.25, 0.3) is 0 Å². The number of ether oxygens (including phenoxy) is 4. The minimum atomic E-state index is -0.106. The predicted octanol–water partition coefficient (Wildman–Crippen LogP) is 3.68. The first-order valence-electron chi connectivity index (χ1n) is 8.43. The maximum atomic E-state index is 12.3. The quantitative estimate of drug-likeness (QED) is 0.740. The van der Waals surface area contributed by atoms with Gasteiger partial charge in [0, 0.05) is 24.2 Å². The third-order valence-corrected chi connectivity index (χ3v) is 3.84. The van der Waals surface area contributed by atoms with Gasteiger partial charge in [-0.1, -0.05) is 18.2 Å². The third kappa shape index (κ3) is 4.81. The van der Waals surface area contributed by atoms with Crippen molar-refractivity contribution in [2.75, 3.05) is 33.3 Å². The van der Waals surface area contributed by atoms with Gasteiger partial charge in [0.1, 0.15) is 5.75 Å². The Bertz CT molecular complexity index is 720. The summed E-state index contributed by atoms with van der Waals surface area (Å²) < 4.78 is 21.5. The highest BCUT2D eigenvalue weighted by Crippen LogP contribution is 2.39. The third-order valence-electron chi connectivity index (χ3n) is 3.84. The Hall–Kier alpha value is -2.89. The summed E-state index contributed by atoms with van der Waals surface area (Å²) in [5.41, 5.74) is 1.59. The van der Waals surface area contributed by atoms with Gasteiger partial charge in [-0.05, 0) is 25.0 Å². The van der Waals surface area contributed by atoms with E-state index in [9.17, 15) is 4.79 Å². The van der Waals surface area contributed by atoms with Gasteiger partial charge < -0.3 is 24.3 Å². The van der Waals surface area contributed by atoms with Crippen molar-refractivity contribution >= 4 is 11.6 Å². The van der Waals surface area contributed by atoms with Crippen molar-refractivity contribution in [3.63, 3.8) is 0 Å². The van der Waals surface area contributed by atoms with Crippen molar-refractivity contribution in [3.8, 4) is 23.0 Å². The largest absolute Gasteiger partial charge is 0.494 e. The second kappa shape index (κ2) is 9.56. The van der Waals surface area contributed by atoms with E-state index in [1.165, 1.54) is 21.3 Å². The first kappa shape index (κ1) is 19.4. The molecule has 0 aliphatic rings. The maximum absolute atomic E-state index is 12.3. The van der Waals surface area contributed by atoms with E-state index in [0.29, 0.717) is 42.4 Å². The molecule has 0 radical (unpaired) electrons. The number of rotatable bonds is 9. The molecule has 0 unspecified atom stereocenters. The summed E-state index contributed by atoms with van der Waals surface area (Å²) in [6.45, 7) is 2.53. The van der Waals surface area contributed by atoms with Crippen LogP contribution < -0.4 is 24.3 Å². The van der Waals surface area contributed by atoms with E-state index in [1.54, 1.807) is 12.1 Å². The lowest BCUT2D eigenvalue weighted by molar-refractivity contribution is -0.116. The molecule has 1 amide bonds. The number of nitrogens with one attached hydrogen (secondary N) is 1. The maximum Gasteiger partial charge on any atom is 0.224 e. The predicted molar refractivity (Wildman–Crippen MR) is 101 cm³/mol. The average molecular weight is 359 g/mol. The first-order chi connectivity index (χ1) is 12.6. The molecule has 6 nitrogen and oxygen atoms in total. The highest BCUT2D eigenvalue weighted by molar-refractivity contribution is 5.91. The number of para-hydroxylation sites is 1. The molecule has 2 aromatic carbocycles. The molecule has 0 spiro atoms. The van der Waals surface area contributed by atoms with Crippen molar-refractivity contribution in [3.05, 3.63) is 42.0 Å². The van der Waals surface area contributed by atoms with Crippen LogP contribution in [0.5, 0.6) is 23.0 Å². The lowest BCUT2D eigenvalue weighted by atomic mass is 10.1. The van der Waals surface area contributed by atoms with Crippen molar-refractivity contribution in [2.24, 2.45) is 0 Å². The summed E-state index contributed by atoms with van der Waals surface area (Å²) in [4.78, 5) is 12.3. The van der Waals surface area contributed by atoms with Gasteiger partial charge in [0.15, 0.2) is 11.5 Å². The zero-order valence-electron chi connectivity index (χ0n) is 15.6. The van der Waals surface area contributed by atoms with Crippen LogP contribution in [0.3, 0.4) is 0 Å². The minimum Gasteiger partial charge on any atom is -0.494 e. The van der Waals surface area contributed by atoms with Gasteiger partial charge in [-0.3, -0.25) is 4.79 Å². The van der Waals surface area contributed by atoms with E-state index in [0.717, 1.165) is 11.3 Å². The van der Waals surface area contributed by atoms with Crippen LogP contribution in [0.4, 0.5) is 5.69 Å². The average Bonchev–Trinajstić information content (AvgIpc) is 2.66. The van der Waals surface area contributed by atoms with Crippen LogP contribution in [0.1, 0.15) is 18.9 Å². The summed E-state index contributed by atoms with van der Waals surface area (Å²) in [5.74, 6) is 2.17. The molecule has 0 atom stereocenters. The molecular formula is C20H25NO5. The summed E-state index contributed by atoms with van der Waals surface area (Å²) in [7, 11) is 4.61. The standard InChI is InChI=1S/C20H25NO5/c1-5-26-16-9-7-6-8-14(16)10-11-19(22)21-15-12-17(23-2)20(25-4)18(13-15)24-3/h6-9,12-13H,5,10-11H2,1-4H3,(H,21,22). The number of carbonyl (C=O) groups excluding carboxylic acids is 1. The number of amides is 1. The monoisotopic (exact) mass is 359 g/mol. The molecule has 0 aliphatic heterocycles. The van der Waals surface area contributed by atoms with E-state index in [2.05, 4.69) is 5.32 Å². The second-order valence-electron chi connectivity index (χ2n) is 5.50. The van der Waals surface area contributed by atoms with Crippen molar-refractivity contribution in [1.29, 1.82) is 0 Å². The number of benzene rings is 2. The van der Waals surface area contributed by atoms with Crippen LogP contribution in [0, 0.1) is 0 Å². The van der Waals surface area contributed by atoms with Gasteiger partial charge in [0.05, 0.1) is 27.9 Å². The van der Waals surface area contributed by atoms with Gasteiger partial charge >= 0.3 is 0 Å². The molecule has 0 bridgehead atoms. The summed E-state index contributed by atoms with van der Waals surface area (Å²) in [6, 6.07) is 11.1. The topological polar surface area (TPSA) is 66.0 Å². The minimum absolute atomic E-state index is 0.106. The van der Waals surface area contributed by atoms with E-state index >= 15 is 0 Å². The van der Waals surface area contributed by atoms with Gasteiger partial charge in [-0.25, -0.2) is 0 Å². The lowest BCUT2D eigenvalue weighted by Crippen LogP contribution is -2.13. The zero-order chi connectivity index (χ0) is 18.9. The summed E-state index contributed by atoms with van der Waals surface area (Å²) in [5, 5.41) is 2.87. The molecule has 0 saturated heterocycles. The molecule has 0 saturated carbocycles. The molecule has 140 valence electrons. The number of hydrogen-bond acceptors (Lipinski definition) is 5. The molecule has 2 rings (SSSR count). The van der Waals surface area contributed by atoms with Gasteiger partial charge in [0.2, 0.25) is 11.7 Å². The Balaban J connectivity index is 2.06. The smallest absolute Gasteiger partial charge is 0.224 e. The number of anilines is 1. The van der Waals surface area contributed by atoms with E-state index in [4.69, 9.17) is 18.9 Å². The lowest BCUT2D eigenvalue weighted by Gasteiger charge is -2.15. The van der Waals surface area contributed by atoms with E-state index in [1.807, 2.05) is 31.2 Å². The molecule has 0 heterocycles. The normalized spacial score (nSPS) is 10.2. The number of hydrogen-bond donors (Lipinski definition) is 1. The van der Waals surface area contributed by atoms with Crippen LogP contribution in [0.2, 0.25) is 0 Å². The molecule has 0 aliphatic carbocycles. The molecule has 0 fully saturated rings. The highest BCUT2D eigenvalue weighted by Gasteiger charge is 2.15. The van der Waals surface area contributed by atoms with Crippen LogP contribution >= 0.6 is 0 Å². The molecule has 26 heavy (non-hydrogen) atoms. The van der Waals surface area contributed by atoms with E-state index < -0.39 is 0 Å². The zero-order valence-corrected chi connectivity index (χ0v) is 15.6. The molecular weight excluding hydrogens is 334 g/mol. The fraction of sp³-hybridized carbons (Fsp3) is 0.350. The Kier molecular flexibility index (Phi) is 7.14. The van der Waals surface area contributed by atoms with Crippen molar-refractivity contribution < 1.29 is 23.7 Å². The molecule has 2 aromatic rings. The van der Waals surface area contributed by atoms with Crippen molar-refractivity contribution in [1.82, 2.24) is 0 Å². The number of aryl methyl sites for hydroxylation is 1. The van der Waals surface area contributed by atoms with Crippen molar-refractivity contribution in [2.45, 2.75) is 19.8 Å². The molecule has 0 aromatic heterocycles. The fourth-order valence-corrected chi connectivity index (χ4v) is 2.63. The van der Waals surface area contributed by atoms with Gasteiger partial charge in [-0.15, -0.1) is 0 Å².